The Kier molecular flexibility index (Phi) is 8.35. The van der Waals surface area contributed by atoms with Gasteiger partial charge in [0, 0.05) is 24.5 Å². The van der Waals surface area contributed by atoms with Gasteiger partial charge in [0.25, 0.3) is 0 Å². The predicted molar refractivity (Wildman–Crippen MR) is 125 cm³/mol. The van der Waals surface area contributed by atoms with Crippen molar-refractivity contribution in [2.75, 3.05) is 32.8 Å². The van der Waals surface area contributed by atoms with E-state index >= 15 is 0 Å². The van der Waals surface area contributed by atoms with Gasteiger partial charge in [-0.2, -0.15) is 0 Å². The van der Waals surface area contributed by atoms with E-state index in [0.29, 0.717) is 32.2 Å². The van der Waals surface area contributed by atoms with E-state index in [2.05, 4.69) is 30.6 Å². The first-order valence-corrected chi connectivity index (χ1v) is 11.9. The van der Waals surface area contributed by atoms with Gasteiger partial charge in [-0.1, -0.05) is 32.0 Å². The van der Waals surface area contributed by atoms with Crippen LogP contribution in [0.2, 0.25) is 0 Å². The van der Waals surface area contributed by atoms with Crippen molar-refractivity contribution in [3.05, 3.63) is 52.2 Å². The van der Waals surface area contributed by atoms with Crippen LogP contribution < -0.4 is 10.1 Å². The number of nitrogens with one attached hydrogen (secondary N) is 1. The van der Waals surface area contributed by atoms with Crippen molar-refractivity contribution in [3.8, 4) is 5.75 Å². The summed E-state index contributed by atoms with van der Waals surface area (Å²) in [5.41, 5.74) is 1.16. The standard InChI is InChI=1S/C24H33N3O3S/c1-4-25-24(29)26(13-10-18(2)3)16-23(28)27-14-11-22-20(12-15-31-22)21(27)17-30-19-8-6-5-7-9-19/h5-9,12,15,18,21H,4,10-11,13-14,16-17H2,1-3H3,(H,25,29)/t21-/m0/s1. The SMILES string of the molecule is CCNC(=O)N(CCC(C)C)CC(=O)N1CCc2sccc2[C@@H]1COc1ccccc1. The van der Waals surface area contributed by atoms with Gasteiger partial charge < -0.3 is 19.9 Å². The third kappa shape index (κ3) is 6.23. The highest BCUT2D eigenvalue weighted by Gasteiger charge is 2.33. The molecule has 2 aromatic rings. The first-order chi connectivity index (χ1) is 15.0. The lowest BCUT2D eigenvalue weighted by Gasteiger charge is -2.37. The largest absolute Gasteiger partial charge is 0.491 e. The van der Waals surface area contributed by atoms with Gasteiger partial charge in [0.15, 0.2) is 0 Å². The van der Waals surface area contributed by atoms with Crippen LogP contribution in [0.5, 0.6) is 5.75 Å². The Bertz CT molecular complexity index is 853. The second kappa shape index (κ2) is 11.2. The van der Waals surface area contributed by atoms with Crippen molar-refractivity contribution in [3.63, 3.8) is 0 Å². The lowest BCUT2D eigenvalue weighted by atomic mass is 10.0. The third-order valence-electron chi connectivity index (χ3n) is 5.48. The molecular formula is C24H33N3O3S. The van der Waals surface area contributed by atoms with E-state index in [0.717, 1.165) is 24.2 Å². The fourth-order valence-electron chi connectivity index (χ4n) is 3.75. The summed E-state index contributed by atoms with van der Waals surface area (Å²) in [4.78, 5) is 30.8. The van der Waals surface area contributed by atoms with Gasteiger partial charge in [0.05, 0.1) is 6.04 Å². The van der Waals surface area contributed by atoms with Crippen molar-refractivity contribution < 1.29 is 14.3 Å². The lowest BCUT2D eigenvalue weighted by Crippen LogP contribution is -2.50. The van der Waals surface area contributed by atoms with Crippen molar-refractivity contribution in [1.29, 1.82) is 0 Å². The smallest absolute Gasteiger partial charge is 0.317 e. The highest BCUT2D eigenvalue weighted by molar-refractivity contribution is 7.10. The molecule has 0 fully saturated rings. The Morgan fingerprint density at radius 3 is 2.74 bits per heavy atom. The van der Waals surface area contributed by atoms with Crippen molar-refractivity contribution in [1.82, 2.24) is 15.1 Å². The number of amides is 3. The van der Waals surface area contributed by atoms with Gasteiger partial charge >= 0.3 is 6.03 Å². The number of benzene rings is 1. The number of para-hydroxylation sites is 1. The molecule has 3 rings (SSSR count). The predicted octanol–water partition coefficient (Wildman–Crippen LogP) is 4.33. The molecule has 3 amide bonds. The van der Waals surface area contributed by atoms with Gasteiger partial charge in [0.2, 0.25) is 5.91 Å². The first kappa shape index (κ1) is 23.1. The summed E-state index contributed by atoms with van der Waals surface area (Å²) in [6.07, 6.45) is 1.70. The number of ether oxygens (including phenoxy) is 1. The highest BCUT2D eigenvalue weighted by atomic mass is 32.1. The summed E-state index contributed by atoms with van der Waals surface area (Å²) in [5.74, 6) is 1.22. The van der Waals surface area contributed by atoms with E-state index in [1.807, 2.05) is 42.2 Å². The molecule has 1 aliphatic rings. The number of carbonyl (C=O) groups is 2. The summed E-state index contributed by atoms with van der Waals surface area (Å²) in [6.45, 7) is 8.36. The first-order valence-electron chi connectivity index (χ1n) is 11.1. The van der Waals surface area contributed by atoms with Crippen LogP contribution in [0, 0.1) is 5.92 Å². The number of thiophene rings is 1. The number of hydrogen-bond donors (Lipinski definition) is 1. The fraction of sp³-hybridized carbons (Fsp3) is 0.500. The Balaban J connectivity index is 1.73. The minimum atomic E-state index is -0.179. The topological polar surface area (TPSA) is 61.9 Å². The molecule has 31 heavy (non-hydrogen) atoms. The van der Waals surface area contributed by atoms with Crippen LogP contribution in [-0.4, -0.2) is 54.5 Å². The molecule has 0 bridgehead atoms. The number of rotatable bonds is 9. The molecule has 0 saturated carbocycles. The second-order valence-electron chi connectivity index (χ2n) is 8.22. The van der Waals surface area contributed by atoms with Crippen LogP contribution in [0.1, 0.15) is 43.7 Å². The quantitative estimate of drug-likeness (QED) is 0.627. The zero-order chi connectivity index (χ0) is 22.2. The monoisotopic (exact) mass is 443 g/mol. The zero-order valence-electron chi connectivity index (χ0n) is 18.7. The minimum Gasteiger partial charge on any atom is -0.491 e. The summed E-state index contributed by atoms with van der Waals surface area (Å²) in [6, 6.07) is 11.4. The van der Waals surface area contributed by atoms with Crippen LogP contribution in [-0.2, 0) is 11.2 Å². The zero-order valence-corrected chi connectivity index (χ0v) is 19.5. The molecular weight excluding hydrogens is 410 g/mol. The summed E-state index contributed by atoms with van der Waals surface area (Å²) >= 11 is 1.73. The molecule has 1 aromatic heterocycles. The van der Waals surface area contributed by atoms with Crippen LogP contribution in [0.3, 0.4) is 0 Å². The van der Waals surface area contributed by atoms with Gasteiger partial charge in [-0.3, -0.25) is 4.79 Å². The molecule has 0 saturated heterocycles. The van der Waals surface area contributed by atoms with Crippen LogP contribution >= 0.6 is 11.3 Å². The molecule has 168 valence electrons. The molecule has 0 aliphatic carbocycles. The van der Waals surface area contributed by atoms with Crippen LogP contribution in [0.4, 0.5) is 4.79 Å². The number of urea groups is 1. The fourth-order valence-corrected chi connectivity index (χ4v) is 4.68. The molecule has 0 unspecified atom stereocenters. The Hall–Kier alpha value is -2.54. The van der Waals surface area contributed by atoms with E-state index in [4.69, 9.17) is 4.74 Å². The number of fused-ring (bicyclic) bond motifs is 1. The van der Waals surface area contributed by atoms with Gasteiger partial charge in [-0.05, 0) is 54.8 Å². The minimum absolute atomic E-state index is 0.0338. The number of nitrogens with zero attached hydrogens (tertiary/aromatic N) is 2. The average Bonchev–Trinajstić information content (AvgIpc) is 3.24. The average molecular weight is 444 g/mol. The normalized spacial score (nSPS) is 15.5. The molecule has 1 N–H and O–H groups in total. The van der Waals surface area contributed by atoms with E-state index in [9.17, 15) is 9.59 Å². The molecule has 2 heterocycles. The van der Waals surface area contributed by atoms with E-state index in [-0.39, 0.29) is 24.5 Å². The highest BCUT2D eigenvalue weighted by Crippen LogP contribution is 2.34. The van der Waals surface area contributed by atoms with Crippen molar-refractivity contribution in [2.45, 2.75) is 39.7 Å². The van der Waals surface area contributed by atoms with E-state index < -0.39 is 0 Å². The van der Waals surface area contributed by atoms with Gasteiger partial charge in [-0.25, -0.2) is 4.79 Å². The molecule has 7 heteroatoms. The second-order valence-corrected chi connectivity index (χ2v) is 9.22. The maximum Gasteiger partial charge on any atom is 0.317 e. The van der Waals surface area contributed by atoms with Gasteiger partial charge in [0.1, 0.15) is 18.9 Å². The maximum atomic E-state index is 13.4. The number of carbonyl (C=O) groups excluding carboxylic acids is 2. The summed E-state index contributed by atoms with van der Waals surface area (Å²) < 4.78 is 6.04. The Morgan fingerprint density at radius 2 is 2.03 bits per heavy atom. The molecule has 6 nitrogen and oxygen atoms in total. The summed E-state index contributed by atoms with van der Waals surface area (Å²) in [7, 11) is 0. The molecule has 0 spiro atoms. The Labute approximate surface area is 189 Å². The van der Waals surface area contributed by atoms with Crippen molar-refractivity contribution >= 4 is 23.3 Å². The van der Waals surface area contributed by atoms with Gasteiger partial charge in [-0.15, -0.1) is 11.3 Å². The Morgan fingerprint density at radius 1 is 1.26 bits per heavy atom. The molecule has 1 atom stereocenters. The van der Waals surface area contributed by atoms with E-state index in [1.54, 1.807) is 16.2 Å². The van der Waals surface area contributed by atoms with E-state index in [1.165, 1.54) is 4.88 Å². The lowest BCUT2D eigenvalue weighted by molar-refractivity contribution is -0.135. The van der Waals surface area contributed by atoms with Crippen molar-refractivity contribution in [2.24, 2.45) is 5.92 Å². The number of hydrogen-bond acceptors (Lipinski definition) is 4. The van der Waals surface area contributed by atoms with Crippen LogP contribution in [0.15, 0.2) is 41.8 Å². The summed E-state index contributed by atoms with van der Waals surface area (Å²) in [5, 5.41) is 4.92. The molecule has 0 radical (unpaired) electrons. The molecule has 1 aliphatic heterocycles. The molecule has 1 aromatic carbocycles. The maximum absolute atomic E-state index is 13.4. The third-order valence-corrected chi connectivity index (χ3v) is 6.48. The van der Waals surface area contributed by atoms with Crippen LogP contribution in [0.25, 0.3) is 0 Å².